The summed E-state index contributed by atoms with van der Waals surface area (Å²) in [5.41, 5.74) is 0.313. The number of nitrogens with one attached hydrogen (secondary N) is 1. The maximum atomic E-state index is 13.2. The Hall–Kier alpha value is -4.22. The van der Waals surface area contributed by atoms with E-state index in [2.05, 4.69) is 15.1 Å². The molecule has 194 valence electrons. The standard InChI is InChI=1S/C25H27FN6O5/c1-3-9-30-23-21(24(34)31(10-4-2)25(30)35)27-22(28-23)18-12-19(29-37-18)36-14-15-11-20(33)32(13-15)17-7-5-16(26)6-8-17/h5-8,12,15H,3-4,9-11,13-14H2,1-2H3,(H,27,28). The number of fused-ring (bicyclic) bond motifs is 1. The van der Waals surface area contributed by atoms with Crippen LogP contribution in [0, 0.1) is 11.7 Å². The maximum Gasteiger partial charge on any atom is 0.332 e. The second-order valence-electron chi connectivity index (χ2n) is 9.07. The third kappa shape index (κ3) is 4.66. The van der Waals surface area contributed by atoms with E-state index in [4.69, 9.17) is 9.26 Å². The molecule has 11 nitrogen and oxygen atoms in total. The van der Waals surface area contributed by atoms with Gasteiger partial charge >= 0.3 is 5.69 Å². The molecule has 1 unspecified atom stereocenters. The molecule has 3 aromatic heterocycles. The number of aryl methyl sites for hydroxylation is 1. The fraction of sp³-hybridized carbons (Fsp3) is 0.400. The number of rotatable bonds is 9. The van der Waals surface area contributed by atoms with Gasteiger partial charge in [0, 0.05) is 37.7 Å². The first-order valence-corrected chi connectivity index (χ1v) is 12.3. The fourth-order valence-electron chi connectivity index (χ4n) is 4.53. The highest BCUT2D eigenvalue weighted by molar-refractivity contribution is 5.95. The van der Waals surface area contributed by atoms with Crippen LogP contribution in [0.4, 0.5) is 10.1 Å². The van der Waals surface area contributed by atoms with E-state index in [1.807, 2.05) is 13.8 Å². The van der Waals surface area contributed by atoms with Crippen LogP contribution in [0.3, 0.4) is 0 Å². The van der Waals surface area contributed by atoms with Gasteiger partial charge in [0.1, 0.15) is 5.82 Å². The van der Waals surface area contributed by atoms with Gasteiger partial charge in [0.05, 0.1) is 12.7 Å². The van der Waals surface area contributed by atoms with Crippen LogP contribution in [0.5, 0.6) is 5.88 Å². The molecule has 5 rings (SSSR count). The molecule has 0 bridgehead atoms. The number of H-pyrrole nitrogens is 1. The van der Waals surface area contributed by atoms with Crippen LogP contribution in [0.15, 0.2) is 44.4 Å². The second-order valence-corrected chi connectivity index (χ2v) is 9.07. The summed E-state index contributed by atoms with van der Waals surface area (Å²) >= 11 is 0. The number of carbonyl (C=O) groups is 1. The number of hydrogen-bond donors (Lipinski definition) is 1. The first-order chi connectivity index (χ1) is 17.9. The van der Waals surface area contributed by atoms with Crippen LogP contribution in [0.2, 0.25) is 0 Å². The normalized spacial score (nSPS) is 15.7. The van der Waals surface area contributed by atoms with Gasteiger partial charge in [0.2, 0.25) is 11.7 Å². The van der Waals surface area contributed by atoms with Crippen molar-refractivity contribution in [2.24, 2.45) is 5.92 Å². The molecule has 37 heavy (non-hydrogen) atoms. The number of hydrogen-bond acceptors (Lipinski definition) is 7. The number of aromatic amines is 1. The van der Waals surface area contributed by atoms with Crippen LogP contribution in [-0.2, 0) is 17.9 Å². The lowest BCUT2D eigenvalue weighted by Gasteiger charge is -2.16. The number of carbonyl (C=O) groups excluding carboxylic acids is 1. The smallest absolute Gasteiger partial charge is 0.332 e. The number of ether oxygens (including phenoxy) is 1. The van der Waals surface area contributed by atoms with Crippen LogP contribution >= 0.6 is 0 Å². The Morgan fingerprint density at radius 3 is 2.57 bits per heavy atom. The third-order valence-corrected chi connectivity index (χ3v) is 6.29. The highest BCUT2D eigenvalue weighted by Gasteiger charge is 2.31. The van der Waals surface area contributed by atoms with Crippen molar-refractivity contribution in [3.8, 4) is 17.5 Å². The van der Waals surface area contributed by atoms with Gasteiger partial charge in [-0.05, 0) is 42.3 Å². The van der Waals surface area contributed by atoms with Crippen molar-refractivity contribution >= 4 is 22.8 Å². The summed E-state index contributed by atoms with van der Waals surface area (Å²) in [6, 6.07) is 7.33. The molecule has 1 saturated heterocycles. The molecule has 1 aliphatic rings. The molecule has 12 heteroatoms. The lowest BCUT2D eigenvalue weighted by Crippen LogP contribution is -2.40. The quantitative estimate of drug-likeness (QED) is 0.367. The van der Waals surface area contributed by atoms with E-state index in [9.17, 15) is 18.8 Å². The Morgan fingerprint density at radius 2 is 1.84 bits per heavy atom. The molecule has 0 saturated carbocycles. The third-order valence-electron chi connectivity index (χ3n) is 6.29. The summed E-state index contributed by atoms with van der Waals surface area (Å²) in [7, 11) is 0. The van der Waals surface area contributed by atoms with Gasteiger partial charge in [-0.3, -0.25) is 18.7 Å². The van der Waals surface area contributed by atoms with Gasteiger partial charge in [-0.15, -0.1) is 0 Å². The van der Waals surface area contributed by atoms with E-state index in [1.54, 1.807) is 23.1 Å². The zero-order valence-corrected chi connectivity index (χ0v) is 20.6. The Balaban J connectivity index is 1.33. The predicted octanol–water partition coefficient (Wildman–Crippen LogP) is 2.93. The van der Waals surface area contributed by atoms with E-state index in [-0.39, 0.29) is 58.6 Å². The minimum Gasteiger partial charge on any atom is -0.475 e. The zero-order chi connectivity index (χ0) is 26.1. The lowest BCUT2D eigenvalue weighted by atomic mass is 10.1. The molecule has 0 radical (unpaired) electrons. The molecule has 1 N–H and O–H groups in total. The van der Waals surface area contributed by atoms with Crippen LogP contribution in [0.25, 0.3) is 22.7 Å². The average Bonchev–Trinajstić information content (AvgIpc) is 3.62. The van der Waals surface area contributed by atoms with E-state index in [1.165, 1.54) is 21.3 Å². The molecule has 1 amide bonds. The number of aromatic nitrogens is 5. The molecule has 1 atom stereocenters. The highest BCUT2D eigenvalue weighted by Crippen LogP contribution is 2.27. The van der Waals surface area contributed by atoms with Gasteiger partial charge in [-0.2, -0.15) is 0 Å². The molecular weight excluding hydrogens is 483 g/mol. The lowest BCUT2D eigenvalue weighted by molar-refractivity contribution is -0.117. The Kier molecular flexibility index (Phi) is 6.64. The van der Waals surface area contributed by atoms with Crippen molar-refractivity contribution in [3.05, 3.63) is 57.0 Å². The van der Waals surface area contributed by atoms with Gasteiger partial charge in [-0.1, -0.05) is 13.8 Å². The molecule has 1 fully saturated rings. The number of amides is 1. The Bertz CT molecular complexity index is 1550. The predicted molar refractivity (Wildman–Crippen MR) is 133 cm³/mol. The monoisotopic (exact) mass is 510 g/mol. The van der Waals surface area contributed by atoms with Crippen LogP contribution in [-0.4, -0.2) is 43.3 Å². The minimum absolute atomic E-state index is 0.0600. The van der Waals surface area contributed by atoms with Gasteiger partial charge in [-0.25, -0.2) is 14.2 Å². The molecule has 0 spiro atoms. The van der Waals surface area contributed by atoms with E-state index in [0.29, 0.717) is 44.6 Å². The number of nitrogens with zero attached hydrogens (tertiary/aromatic N) is 5. The van der Waals surface area contributed by atoms with Gasteiger partial charge in [0.25, 0.3) is 11.4 Å². The number of imidazole rings is 1. The van der Waals surface area contributed by atoms with Gasteiger partial charge < -0.3 is 19.1 Å². The molecule has 1 aromatic carbocycles. The zero-order valence-electron chi connectivity index (χ0n) is 20.6. The number of benzene rings is 1. The van der Waals surface area contributed by atoms with Crippen molar-refractivity contribution in [1.82, 2.24) is 24.3 Å². The van der Waals surface area contributed by atoms with E-state index >= 15 is 0 Å². The summed E-state index contributed by atoms with van der Waals surface area (Å²) in [6.45, 7) is 5.25. The Morgan fingerprint density at radius 1 is 1.11 bits per heavy atom. The van der Waals surface area contributed by atoms with Gasteiger partial charge in [0.15, 0.2) is 17.0 Å². The summed E-state index contributed by atoms with van der Waals surface area (Å²) in [4.78, 5) is 47.3. The first kappa shape index (κ1) is 24.5. The fourth-order valence-corrected chi connectivity index (χ4v) is 4.53. The molecular formula is C25H27FN6O5. The maximum absolute atomic E-state index is 13.2. The van der Waals surface area contributed by atoms with Crippen LogP contribution < -0.4 is 20.9 Å². The largest absolute Gasteiger partial charge is 0.475 e. The first-order valence-electron chi connectivity index (χ1n) is 12.3. The Labute approximate surface area is 210 Å². The summed E-state index contributed by atoms with van der Waals surface area (Å²) in [6.07, 6.45) is 1.64. The van der Waals surface area contributed by atoms with Crippen molar-refractivity contribution < 1.29 is 18.4 Å². The summed E-state index contributed by atoms with van der Waals surface area (Å²) in [5, 5.41) is 3.93. The molecule has 0 aliphatic carbocycles. The minimum atomic E-state index is -0.430. The number of halogens is 1. The molecule has 1 aliphatic heterocycles. The summed E-state index contributed by atoms with van der Waals surface area (Å²) in [5.74, 6) is 0.212. The van der Waals surface area contributed by atoms with Crippen molar-refractivity contribution in [3.63, 3.8) is 0 Å². The van der Waals surface area contributed by atoms with Crippen molar-refractivity contribution in [1.29, 1.82) is 0 Å². The van der Waals surface area contributed by atoms with Crippen molar-refractivity contribution in [2.75, 3.05) is 18.1 Å². The summed E-state index contributed by atoms with van der Waals surface area (Å²) < 4.78 is 27.1. The van der Waals surface area contributed by atoms with E-state index < -0.39 is 5.56 Å². The molecule has 4 aromatic rings. The topological polar surface area (TPSA) is 128 Å². The highest BCUT2D eigenvalue weighted by atomic mass is 19.1. The SMILES string of the molecule is CCCn1c(=O)c2[nH]c(-c3cc(OCC4CC(=O)N(c5ccc(F)cc5)C4)no3)nc2n(CCC)c1=O. The van der Waals surface area contributed by atoms with Crippen LogP contribution in [0.1, 0.15) is 33.1 Å². The second kappa shape index (κ2) is 10.0. The average molecular weight is 511 g/mol. The van der Waals surface area contributed by atoms with E-state index in [0.717, 1.165) is 0 Å². The molecule has 4 heterocycles. The number of anilines is 1. The van der Waals surface area contributed by atoms with Crippen molar-refractivity contribution in [2.45, 2.75) is 46.2 Å².